The van der Waals surface area contributed by atoms with E-state index in [1.165, 1.54) is 0 Å². The molecule has 1 rings (SSSR count). The Bertz CT molecular complexity index is 225. The third kappa shape index (κ3) is 2.11. The molecule has 0 aromatic rings. The second-order valence-corrected chi connectivity index (χ2v) is 3.51. The Hall–Kier alpha value is -0.770. The zero-order valence-electron chi connectivity index (χ0n) is 6.95. The van der Waals surface area contributed by atoms with Gasteiger partial charge in [-0.2, -0.15) is 0 Å². The molecule has 0 aliphatic carbocycles. The first-order valence-electron chi connectivity index (χ1n) is 3.74. The molecule has 0 radical (unpaired) electrons. The molecule has 1 aliphatic heterocycles. The zero-order chi connectivity index (χ0) is 8.97. The summed E-state index contributed by atoms with van der Waals surface area (Å²) in [6.45, 7) is 5.93. The molecule has 0 spiro atoms. The maximum absolute atomic E-state index is 11.1. The first-order chi connectivity index (χ1) is 5.75. The molecule has 66 valence electrons. The minimum absolute atomic E-state index is 0.240. The second kappa shape index (κ2) is 4.30. The summed E-state index contributed by atoms with van der Waals surface area (Å²) in [5.74, 6) is 0.453. The molecule has 1 atom stereocenters. The van der Waals surface area contributed by atoms with Crippen LogP contribution in [0.1, 0.15) is 6.92 Å². The summed E-state index contributed by atoms with van der Waals surface area (Å²) >= 11 is 1.62. The van der Waals surface area contributed by atoms with E-state index in [1.54, 1.807) is 18.7 Å². The fraction of sp³-hybridized carbons (Fsp3) is 0.500. The first-order valence-corrected chi connectivity index (χ1v) is 4.73. The van der Waals surface area contributed by atoms with Gasteiger partial charge in [0.1, 0.15) is 5.92 Å². The van der Waals surface area contributed by atoms with Crippen LogP contribution < -0.4 is 0 Å². The number of nitrogens with zero attached hydrogens (tertiary/aromatic N) is 1. The number of esters is 1. The third-order valence-electron chi connectivity index (χ3n) is 1.53. The molecule has 0 fully saturated rings. The highest BCUT2D eigenvalue weighted by Crippen LogP contribution is 2.19. The fourth-order valence-electron chi connectivity index (χ4n) is 0.899. The lowest BCUT2D eigenvalue weighted by Crippen LogP contribution is -2.18. The summed E-state index contributed by atoms with van der Waals surface area (Å²) in [7, 11) is 0. The third-order valence-corrected chi connectivity index (χ3v) is 2.70. The van der Waals surface area contributed by atoms with Crippen LogP contribution in [0, 0.1) is 5.92 Å². The Balaban J connectivity index is 2.50. The largest absolute Gasteiger partial charge is 0.435 e. The van der Waals surface area contributed by atoms with E-state index in [4.69, 9.17) is 0 Å². The highest BCUT2D eigenvalue weighted by molar-refractivity contribution is 8.14. The van der Waals surface area contributed by atoms with Gasteiger partial charge in [0, 0.05) is 12.3 Å². The molecule has 1 heterocycles. The van der Waals surface area contributed by atoms with Crippen LogP contribution in [0.15, 0.2) is 17.8 Å². The van der Waals surface area contributed by atoms with Gasteiger partial charge in [-0.15, -0.1) is 11.8 Å². The van der Waals surface area contributed by atoms with Crippen LogP contribution >= 0.6 is 11.8 Å². The molecule has 0 aromatic carbocycles. The van der Waals surface area contributed by atoms with Gasteiger partial charge >= 0.3 is 5.97 Å². The Morgan fingerprint density at radius 3 is 3.17 bits per heavy atom. The molecule has 4 heteroatoms. The Kier molecular flexibility index (Phi) is 3.34. The van der Waals surface area contributed by atoms with Crippen molar-refractivity contribution in [1.82, 2.24) is 0 Å². The normalized spacial score (nSPS) is 18.2. The van der Waals surface area contributed by atoms with Crippen molar-refractivity contribution < 1.29 is 9.53 Å². The number of aliphatic imine (C=N–C) groups is 1. The van der Waals surface area contributed by atoms with Crippen LogP contribution in [-0.2, 0) is 9.53 Å². The van der Waals surface area contributed by atoms with Crippen molar-refractivity contribution in [3.8, 4) is 0 Å². The van der Waals surface area contributed by atoms with Crippen LogP contribution in [0.3, 0.4) is 0 Å². The lowest BCUT2D eigenvalue weighted by Gasteiger charge is -2.06. The van der Waals surface area contributed by atoms with E-state index in [0.29, 0.717) is 0 Å². The first kappa shape index (κ1) is 9.32. The Morgan fingerprint density at radius 1 is 1.92 bits per heavy atom. The number of hydrogen-bond acceptors (Lipinski definition) is 4. The SMILES string of the molecule is C=COC(=O)C(C)C1=NCCS1. The second-order valence-electron chi connectivity index (χ2n) is 2.39. The average Bonchev–Trinajstić information content (AvgIpc) is 2.55. The van der Waals surface area contributed by atoms with Crippen LogP contribution in [0.2, 0.25) is 0 Å². The van der Waals surface area contributed by atoms with E-state index in [0.717, 1.165) is 23.6 Å². The predicted octanol–water partition coefficient (Wildman–Crippen LogP) is 1.45. The highest BCUT2D eigenvalue weighted by atomic mass is 32.2. The van der Waals surface area contributed by atoms with Gasteiger partial charge in [-0.05, 0) is 6.92 Å². The fourth-order valence-corrected chi connectivity index (χ4v) is 1.82. The number of hydrogen-bond donors (Lipinski definition) is 0. The van der Waals surface area contributed by atoms with Crippen LogP contribution in [0.4, 0.5) is 0 Å². The standard InChI is InChI=1S/C8H11NO2S/c1-3-11-8(10)6(2)7-9-4-5-12-7/h3,6H,1,4-5H2,2H3. The highest BCUT2D eigenvalue weighted by Gasteiger charge is 2.22. The van der Waals surface area contributed by atoms with E-state index in [9.17, 15) is 4.79 Å². The van der Waals surface area contributed by atoms with E-state index in [-0.39, 0.29) is 11.9 Å². The average molecular weight is 185 g/mol. The van der Waals surface area contributed by atoms with E-state index < -0.39 is 0 Å². The van der Waals surface area contributed by atoms with Crippen molar-refractivity contribution >= 4 is 22.8 Å². The summed E-state index contributed by atoms with van der Waals surface area (Å²) < 4.78 is 4.65. The molecule has 1 aliphatic rings. The van der Waals surface area contributed by atoms with Gasteiger partial charge in [0.05, 0.1) is 11.3 Å². The summed E-state index contributed by atoms with van der Waals surface area (Å²) in [5, 5.41) is 0.877. The van der Waals surface area contributed by atoms with Gasteiger partial charge in [-0.3, -0.25) is 9.79 Å². The molecule has 1 unspecified atom stereocenters. The lowest BCUT2D eigenvalue weighted by atomic mass is 10.2. The topological polar surface area (TPSA) is 38.7 Å². The van der Waals surface area contributed by atoms with Gasteiger partial charge in [-0.25, -0.2) is 0 Å². The summed E-state index contributed by atoms with van der Waals surface area (Å²) in [6, 6.07) is 0. The molecular weight excluding hydrogens is 174 g/mol. The van der Waals surface area contributed by atoms with Gasteiger partial charge < -0.3 is 4.74 Å². The van der Waals surface area contributed by atoms with Crippen LogP contribution in [0.5, 0.6) is 0 Å². The zero-order valence-corrected chi connectivity index (χ0v) is 7.76. The maximum Gasteiger partial charge on any atom is 0.320 e. The number of carbonyl (C=O) groups is 1. The van der Waals surface area contributed by atoms with Crippen molar-refractivity contribution in [3.63, 3.8) is 0 Å². The lowest BCUT2D eigenvalue weighted by molar-refractivity contribution is -0.139. The summed E-state index contributed by atoms with van der Waals surface area (Å²) in [6.07, 6.45) is 1.15. The van der Waals surface area contributed by atoms with E-state index >= 15 is 0 Å². The molecule has 0 bridgehead atoms. The Morgan fingerprint density at radius 2 is 2.67 bits per heavy atom. The Labute approximate surface area is 75.9 Å². The molecule has 0 aromatic heterocycles. The van der Waals surface area contributed by atoms with Gasteiger partial charge in [0.25, 0.3) is 0 Å². The van der Waals surface area contributed by atoms with Crippen molar-refractivity contribution in [2.45, 2.75) is 6.92 Å². The summed E-state index contributed by atoms with van der Waals surface area (Å²) in [5.41, 5.74) is 0. The quantitative estimate of drug-likeness (QED) is 0.493. The number of thioether (sulfide) groups is 1. The number of carbonyl (C=O) groups excluding carboxylic acids is 1. The smallest absolute Gasteiger partial charge is 0.320 e. The van der Waals surface area contributed by atoms with Gasteiger partial charge in [0.15, 0.2) is 0 Å². The summed E-state index contributed by atoms with van der Waals surface area (Å²) in [4.78, 5) is 15.3. The molecule has 0 amide bonds. The van der Waals surface area contributed by atoms with Crippen molar-refractivity contribution in [3.05, 3.63) is 12.8 Å². The van der Waals surface area contributed by atoms with Crippen molar-refractivity contribution in [2.24, 2.45) is 10.9 Å². The number of ether oxygens (including phenoxy) is 1. The van der Waals surface area contributed by atoms with E-state index in [1.807, 2.05) is 0 Å². The minimum atomic E-state index is -0.279. The van der Waals surface area contributed by atoms with Crippen LogP contribution in [-0.4, -0.2) is 23.3 Å². The molecule has 0 saturated carbocycles. The monoisotopic (exact) mass is 185 g/mol. The van der Waals surface area contributed by atoms with Gasteiger partial charge in [0.2, 0.25) is 0 Å². The van der Waals surface area contributed by atoms with Crippen LogP contribution in [0.25, 0.3) is 0 Å². The molecule has 3 nitrogen and oxygen atoms in total. The minimum Gasteiger partial charge on any atom is -0.435 e. The predicted molar refractivity (Wildman–Crippen MR) is 50.2 cm³/mol. The molecular formula is C8H11NO2S. The van der Waals surface area contributed by atoms with E-state index in [2.05, 4.69) is 16.3 Å². The molecule has 0 saturated heterocycles. The maximum atomic E-state index is 11.1. The molecule has 12 heavy (non-hydrogen) atoms. The van der Waals surface area contributed by atoms with Gasteiger partial charge in [-0.1, -0.05) is 6.58 Å². The molecule has 0 N–H and O–H groups in total. The van der Waals surface area contributed by atoms with Crippen molar-refractivity contribution in [2.75, 3.05) is 12.3 Å². The number of rotatable bonds is 3. The van der Waals surface area contributed by atoms with Crippen molar-refractivity contribution in [1.29, 1.82) is 0 Å².